The van der Waals surface area contributed by atoms with E-state index < -0.39 is 0 Å². The third kappa shape index (κ3) is 25.6. The highest BCUT2D eigenvalue weighted by atomic mass is 14.4. The van der Waals surface area contributed by atoms with Gasteiger partial charge >= 0.3 is 0 Å². The van der Waals surface area contributed by atoms with Crippen molar-refractivity contribution in [2.45, 2.75) is 213 Å². The normalized spacial score (nSPS) is 18.4. The first-order valence-corrected chi connectivity index (χ1v) is 21.6. The fourth-order valence-corrected chi connectivity index (χ4v) is 7.76. The molecule has 3 rings (SSSR count). The summed E-state index contributed by atoms with van der Waals surface area (Å²) in [6.45, 7) is 44.4. The number of unbranched alkanes of at least 4 members (excludes halogenated alkanes) is 2. The van der Waals surface area contributed by atoms with Gasteiger partial charge in [-0.25, -0.2) is 0 Å². The van der Waals surface area contributed by atoms with Crippen molar-refractivity contribution in [3.8, 4) is 12.3 Å². The summed E-state index contributed by atoms with van der Waals surface area (Å²) in [7, 11) is 0. The van der Waals surface area contributed by atoms with Gasteiger partial charge in [-0.1, -0.05) is 181 Å². The van der Waals surface area contributed by atoms with Crippen molar-refractivity contribution in [3.63, 3.8) is 0 Å². The van der Waals surface area contributed by atoms with Crippen LogP contribution in [-0.4, -0.2) is 0 Å². The number of rotatable bonds is 13. The molecular formula is C51H94. The third-order valence-electron chi connectivity index (χ3n) is 10.7. The summed E-state index contributed by atoms with van der Waals surface area (Å²) >= 11 is 0. The van der Waals surface area contributed by atoms with Crippen molar-refractivity contribution in [2.24, 2.45) is 28.6 Å². The van der Waals surface area contributed by atoms with E-state index in [9.17, 15) is 0 Å². The van der Waals surface area contributed by atoms with Gasteiger partial charge in [0.25, 0.3) is 0 Å². The minimum atomic E-state index is 0.411. The molecule has 51 heavy (non-hydrogen) atoms. The molecule has 1 saturated carbocycles. The Balaban J connectivity index is -0.000000319. The second-order valence-corrected chi connectivity index (χ2v) is 15.5. The van der Waals surface area contributed by atoms with E-state index in [2.05, 4.69) is 125 Å². The van der Waals surface area contributed by atoms with Crippen LogP contribution >= 0.6 is 0 Å². The van der Waals surface area contributed by atoms with Gasteiger partial charge in [-0.2, -0.15) is 0 Å². The van der Waals surface area contributed by atoms with E-state index in [0.717, 1.165) is 11.8 Å². The fraction of sp³-hybridized carbons (Fsp3) is 0.725. The predicted octanol–water partition coefficient (Wildman–Crippen LogP) is 18.0. The molecule has 2 unspecified atom stereocenters. The van der Waals surface area contributed by atoms with Crippen molar-refractivity contribution < 1.29 is 0 Å². The maximum Gasteiger partial charge on any atom is 0.00159 e. The smallest absolute Gasteiger partial charge is 0.00159 e. The quantitative estimate of drug-likeness (QED) is 0.102. The first kappa shape index (κ1) is 55.8. The average molecular weight is 707 g/mol. The molecule has 3 aliphatic carbocycles. The van der Waals surface area contributed by atoms with Crippen LogP contribution in [0.25, 0.3) is 0 Å². The van der Waals surface area contributed by atoms with Gasteiger partial charge in [0.05, 0.1) is 0 Å². The molecule has 0 amide bonds. The number of hydrogen-bond donors (Lipinski definition) is 0. The molecule has 2 atom stereocenters. The molecule has 0 spiro atoms. The van der Waals surface area contributed by atoms with Gasteiger partial charge in [-0.15, -0.1) is 32.1 Å². The fourth-order valence-electron chi connectivity index (χ4n) is 7.76. The maximum absolute atomic E-state index is 4.60. The minimum absolute atomic E-state index is 0.411. The van der Waals surface area contributed by atoms with Crippen LogP contribution in [0.3, 0.4) is 0 Å². The lowest BCUT2D eigenvalue weighted by Gasteiger charge is -2.41. The van der Waals surface area contributed by atoms with Gasteiger partial charge in [0.2, 0.25) is 0 Å². The van der Waals surface area contributed by atoms with Crippen molar-refractivity contribution in [1.29, 1.82) is 0 Å². The SMILES string of the molecule is C#CC.C=C.C=C(C)C1(CC)CCCC1.C=CCC(CCC)CCC.CC.CC.CCCCCC1=CC=C(C2C=C(C)CCC2C(C)(C)C)CC1. The molecule has 0 heteroatoms. The summed E-state index contributed by atoms with van der Waals surface area (Å²) in [6, 6.07) is 0. The first-order valence-electron chi connectivity index (χ1n) is 21.6. The van der Waals surface area contributed by atoms with Crippen LogP contribution in [0.1, 0.15) is 213 Å². The largest absolute Gasteiger partial charge is 0.120 e. The summed E-state index contributed by atoms with van der Waals surface area (Å²) in [6.07, 6.45) is 38.3. The van der Waals surface area contributed by atoms with Crippen molar-refractivity contribution in [2.75, 3.05) is 0 Å². The standard InChI is InChI=1S/C22H36.C10H18.C10H20.C3H4.2C2H6.C2H4/c1-6-7-8-9-18-11-13-19(14-12-18)20-16-17(2)10-15-21(20)22(3,4)5;1-4-10(9(2)3)7-5-6-8-10;1-4-7-10(8-5-2)9-6-3;1-3-2;3*1-2/h11,13,16,20-21H,6-10,12,14-15H2,1-5H3;2,4-8H2,1,3H3;4,10H,1,5-9H2,2-3H3;1H,2H3;2*1-2H3;1-2H2. The molecule has 0 N–H and O–H groups in total. The molecule has 0 radical (unpaired) electrons. The highest BCUT2D eigenvalue weighted by Gasteiger charge is 2.35. The minimum Gasteiger partial charge on any atom is -0.120 e. The molecule has 1 fully saturated rings. The average Bonchev–Trinajstić information content (AvgIpc) is 3.63. The van der Waals surface area contributed by atoms with Gasteiger partial charge < -0.3 is 0 Å². The Labute approximate surface area is 325 Å². The molecule has 0 aromatic heterocycles. The zero-order valence-corrected chi connectivity index (χ0v) is 37.7. The Morgan fingerprint density at radius 3 is 1.80 bits per heavy atom. The molecule has 3 aliphatic rings. The van der Waals surface area contributed by atoms with Gasteiger partial charge in [0.1, 0.15) is 0 Å². The van der Waals surface area contributed by atoms with Crippen molar-refractivity contribution in [3.05, 3.63) is 72.9 Å². The van der Waals surface area contributed by atoms with Crippen LogP contribution in [0, 0.1) is 40.9 Å². The third-order valence-corrected chi connectivity index (χ3v) is 10.7. The Morgan fingerprint density at radius 2 is 1.45 bits per heavy atom. The molecular weight excluding hydrogens is 613 g/mol. The van der Waals surface area contributed by atoms with Crippen LogP contribution in [-0.2, 0) is 0 Å². The van der Waals surface area contributed by atoms with Gasteiger partial charge in [-0.3, -0.25) is 0 Å². The summed E-state index contributed by atoms with van der Waals surface area (Å²) < 4.78 is 0. The lowest BCUT2D eigenvalue weighted by Crippen LogP contribution is -2.31. The van der Waals surface area contributed by atoms with E-state index in [4.69, 9.17) is 0 Å². The summed E-state index contributed by atoms with van der Waals surface area (Å²) in [5.74, 6) is 4.65. The summed E-state index contributed by atoms with van der Waals surface area (Å²) in [5.41, 5.74) is 7.34. The van der Waals surface area contributed by atoms with E-state index in [1.807, 2.05) is 27.7 Å². The Bertz CT molecular complexity index is 939. The van der Waals surface area contributed by atoms with Crippen LogP contribution in [0.15, 0.2) is 72.9 Å². The Morgan fingerprint density at radius 1 is 0.922 bits per heavy atom. The molecule has 0 bridgehead atoms. The van der Waals surface area contributed by atoms with Crippen LogP contribution < -0.4 is 0 Å². The summed E-state index contributed by atoms with van der Waals surface area (Å²) in [4.78, 5) is 0. The highest BCUT2D eigenvalue weighted by molar-refractivity contribution is 5.30. The van der Waals surface area contributed by atoms with Gasteiger partial charge in [0.15, 0.2) is 0 Å². The number of hydrogen-bond acceptors (Lipinski definition) is 0. The zero-order valence-electron chi connectivity index (χ0n) is 37.7. The van der Waals surface area contributed by atoms with E-state index in [-0.39, 0.29) is 0 Å². The molecule has 0 aromatic carbocycles. The van der Waals surface area contributed by atoms with Crippen LogP contribution in [0.4, 0.5) is 0 Å². The highest BCUT2D eigenvalue weighted by Crippen LogP contribution is 2.46. The predicted molar refractivity (Wildman–Crippen MR) is 242 cm³/mol. The molecule has 0 saturated heterocycles. The van der Waals surface area contributed by atoms with Crippen LogP contribution in [0.5, 0.6) is 0 Å². The van der Waals surface area contributed by atoms with Gasteiger partial charge in [0, 0.05) is 5.92 Å². The van der Waals surface area contributed by atoms with Crippen molar-refractivity contribution >= 4 is 0 Å². The zero-order chi connectivity index (χ0) is 40.3. The van der Waals surface area contributed by atoms with E-state index in [1.165, 1.54) is 121 Å². The molecule has 0 heterocycles. The Kier molecular flexibility index (Phi) is 39.7. The summed E-state index contributed by atoms with van der Waals surface area (Å²) in [5, 5.41) is 0. The molecule has 298 valence electrons. The van der Waals surface area contributed by atoms with Crippen LogP contribution in [0.2, 0.25) is 0 Å². The molecule has 0 aromatic rings. The monoisotopic (exact) mass is 707 g/mol. The molecule has 0 nitrogen and oxygen atoms in total. The first-order chi connectivity index (χ1) is 24.4. The molecule has 0 aliphatic heterocycles. The van der Waals surface area contributed by atoms with Crippen molar-refractivity contribution in [1.82, 2.24) is 0 Å². The number of allylic oxidation sites excluding steroid dienone is 8. The number of terminal acetylenes is 1. The second kappa shape index (κ2) is 36.4. The van der Waals surface area contributed by atoms with Gasteiger partial charge in [-0.05, 0) is 108 Å². The Hall–Kier alpha value is -2.00. The lowest BCUT2D eigenvalue weighted by molar-refractivity contribution is 0.178. The topological polar surface area (TPSA) is 0 Å². The lowest BCUT2D eigenvalue weighted by atomic mass is 9.64. The van der Waals surface area contributed by atoms with E-state index in [0.29, 0.717) is 16.7 Å². The second-order valence-electron chi connectivity index (χ2n) is 15.5. The van der Waals surface area contributed by atoms with E-state index >= 15 is 0 Å². The van der Waals surface area contributed by atoms with E-state index in [1.54, 1.807) is 23.6 Å². The maximum atomic E-state index is 4.60.